The molecule has 1 aliphatic rings. The number of rotatable bonds is 5. The largest absolute Gasteiger partial charge is 0.481 e. The van der Waals surface area contributed by atoms with Crippen molar-refractivity contribution in [3.05, 3.63) is 0 Å². The average molecular weight is 242 g/mol. The molecule has 1 unspecified atom stereocenters. The monoisotopic (exact) mass is 242 g/mol. The predicted octanol–water partition coefficient (Wildman–Crippen LogP) is 1.68. The first-order chi connectivity index (χ1) is 8.13. The topological polar surface area (TPSA) is 69.6 Å². The molecule has 0 spiro atoms. The molecule has 98 valence electrons. The minimum absolute atomic E-state index is 0.0289. The zero-order chi connectivity index (χ0) is 12.7. The predicted molar refractivity (Wildman–Crippen MR) is 64.9 cm³/mol. The van der Waals surface area contributed by atoms with E-state index in [1.54, 1.807) is 0 Å². The third-order valence-electron chi connectivity index (χ3n) is 3.23. The van der Waals surface area contributed by atoms with E-state index in [4.69, 9.17) is 5.11 Å². The Morgan fingerprint density at radius 2 is 1.94 bits per heavy atom. The van der Waals surface area contributed by atoms with Crippen molar-refractivity contribution in [1.29, 1.82) is 0 Å². The zero-order valence-corrected chi connectivity index (χ0v) is 10.4. The van der Waals surface area contributed by atoms with Crippen LogP contribution < -0.4 is 5.32 Å². The molecule has 0 aromatic heterocycles. The summed E-state index contributed by atoms with van der Waals surface area (Å²) < 4.78 is 0. The fourth-order valence-corrected chi connectivity index (χ4v) is 2.05. The summed E-state index contributed by atoms with van der Waals surface area (Å²) in [7, 11) is 0. The highest BCUT2D eigenvalue weighted by molar-refractivity contribution is 5.74. The summed E-state index contributed by atoms with van der Waals surface area (Å²) >= 11 is 0. The first-order valence-electron chi connectivity index (χ1n) is 6.38. The Labute approximate surface area is 102 Å². The van der Waals surface area contributed by atoms with Crippen LogP contribution in [0.1, 0.15) is 39.0 Å². The molecule has 2 N–H and O–H groups in total. The van der Waals surface area contributed by atoms with Crippen molar-refractivity contribution in [2.75, 3.05) is 19.6 Å². The van der Waals surface area contributed by atoms with Gasteiger partial charge in [-0.25, -0.2) is 4.79 Å². The van der Waals surface area contributed by atoms with E-state index in [9.17, 15) is 9.59 Å². The summed E-state index contributed by atoms with van der Waals surface area (Å²) in [4.78, 5) is 24.2. The van der Waals surface area contributed by atoms with Crippen molar-refractivity contribution in [2.45, 2.75) is 39.0 Å². The number of likely N-dealkylation sites (tertiary alicyclic amines) is 1. The van der Waals surface area contributed by atoms with E-state index < -0.39 is 5.97 Å². The van der Waals surface area contributed by atoms with Crippen LogP contribution in [0.3, 0.4) is 0 Å². The smallest absolute Gasteiger partial charge is 0.317 e. The van der Waals surface area contributed by atoms with Gasteiger partial charge in [0, 0.05) is 26.1 Å². The summed E-state index contributed by atoms with van der Waals surface area (Å²) in [5, 5.41) is 11.5. The van der Waals surface area contributed by atoms with Gasteiger partial charge >= 0.3 is 12.0 Å². The van der Waals surface area contributed by atoms with Crippen LogP contribution in [0.4, 0.5) is 4.79 Å². The number of piperidine rings is 1. The number of urea groups is 1. The molecule has 1 saturated heterocycles. The van der Waals surface area contributed by atoms with Crippen LogP contribution in [0.5, 0.6) is 0 Å². The van der Waals surface area contributed by atoms with Crippen LogP contribution >= 0.6 is 0 Å². The Morgan fingerprint density at radius 3 is 2.47 bits per heavy atom. The quantitative estimate of drug-likeness (QED) is 0.770. The van der Waals surface area contributed by atoms with Crippen LogP contribution in [-0.4, -0.2) is 41.6 Å². The molecule has 17 heavy (non-hydrogen) atoms. The molecule has 0 aromatic rings. The Bertz CT molecular complexity index is 262. The molecular weight excluding hydrogens is 220 g/mol. The van der Waals surface area contributed by atoms with Gasteiger partial charge in [-0.05, 0) is 25.2 Å². The first-order valence-corrected chi connectivity index (χ1v) is 6.38. The maximum absolute atomic E-state index is 11.8. The molecule has 1 fully saturated rings. The normalized spacial score (nSPS) is 17.6. The molecule has 0 radical (unpaired) electrons. The van der Waals surface area contributed by atoms with E-state index in [-0.39, 0.29) is 18.4 Å². The number of nitrogens with one attached hydrogen (secondary N) is 1. The van der Waals surface area contributed by atoms with Crippen LogP contribution in [0, 0.1) is 5.92 Å². The average Bonchev–Trinajstić information content (AvgIpc) is 2.34. The second-order valence-corrected chi connectivity index (χ2v) is 4.61. The van der Waals surface area contributed by atoms with Gasteiger partial charge in [0.1, 0.15) is 0 Å². The van der Waals surface area contributed by atoms with Gasteiger partial charge < -0.3 is 15.3 Å². The van der Waals surface area contributed by atoms with Crippen molar-refractivity contribution in [2.24, 2.45) is 5.92 Å². The van der Waals surface area contributed by atoms with Crippen molar-refractivity contribution in [3.8, 4) is 0 Å². The number of nitrogens with zero attached hydrogens (tertiary/aromatic N) is 1. The molecule has 5 nitrogen and oxygen atoms in total. The van der Waals surface area contributed by atoms with Crippen LogP contribution in [0.15, 0.2) is 0 Å². The third-order valence-corrected chi connectivity index (χ3v) is 3.23. The third kappa shape index (κ3) is 5.06. The van der Waals surface area contributed by atoms with Crippen molar-refractivity contribution in [1.82, 2.24) is 10.2 Å². The van der Waals surface area contributed by atoms with Gasteiger partial charge in [0.05, 0.1) is 0 Å². The van der Waals surface area contributed by atoms with E-state index in [2.05, 4.69) is 5.32 Å². The van der Waals surface area contributed by atoms with Gasteiger partial charge in [0.25, 0.3) is 0 Å². The Kier molecular flexibility index (Phi) is 5.80. The summed E-state index contributed by atoms with van der Waals surface area (Å²) in [6, 6.07) is -0.0476. The number of aliphatic carboxylic acids is 1. The Morgan fingerprint density at radius 1 is 1.29 bits per heavy atom. The van der Waals surface area contributed by atoms with Crippen molar-refractivity contribution < 1.29 is 14.7 Å². The lowest BCUT2D eigenvalue weighted by Crippen LogP contribution is -2.44. The maximum atomic E-state index is 11.8. The molecule has 5 heteroatoms. The van der Waals surface area contributed by atoms with Crippen LogP contribution in [-0.2, 0) is 4.79 Å². The fraction of sp³-hybridized carbons (Fsp3) is 0.833. The zero-order valence-electron chi connectivity index (χ0n) is 10.4. The van der Waals surface area contributed by atoms with Gasteiger partial charge in [-0.1, -0.05) is 13.3 Å². The second kappa shape index (κ2) is 7.14. The summed E-state index contributed by atoms with van der Waals surface area (Å²) in [5.74, 6) is -0.773. The van der Waals surface area contributed by atoms with E-state index in [0.717, 1.165) is 32.4 Å². The maximum Gasteiger partial charge on any atom is 0.317 e. The van der Waals surface area contributed by atoms with Crippen LogP contribution in [0.25, 0.3) is 0 Å². The van der Waals surface area contributed by atoms with Gasteiger partial charge in [-0.2, -0.15) is 0 Å². The van der Waals surface area contributed by atoms with Gasteiger partial charge in [0.2, 0.25) is 0 Å². The van der Waals surface area contributed by atoms with E-state index in [0.29, 0.717) is 6.54 Å². The molecule has 1 rings (SSSR count). The van der Waals surface area contributed by atoms with Gasteiger partial charge in [0.15, 0.2) is 0 Å². The molecule has 1 heterocycles. The molecule has 2 amide bonds. The lowest BCUT2D eigenvalue weighted by atomic mass is 10.0. The van der Waals surface area contributed by atoms with Gasteiger partial charge in [-0.3, -0.25) is 4.79 Å². The lowest BCUT2D eigenvalue weighted by Gasteiger charge is -2.27. The number of carbonyl (C=O) groups is 2. The molecule has 0 bridgehead atoms. The van der Waals surface area contributed by atoms with E-state index >= 15 is 0 Å². The number of amides is 2. The molecule has 1 atom stereocenters. The SMILES string of the molecule is CCC(CNC(=O)N1CCCCC1)CC(=O)O. The van der Waals surface area contributed by atoms with Crippen molar-refractivity contribution in [3.63, 3.8) is 0 Å². The number of hydrogen-bond acceptors (Lipinski definition) is 2. The molecular formula is C12H22N2O3. The lowest BCUT2D eigenvalue weighted by molar-refractivity contribution is -0.138. The standard InChI is InChI=1S/C12H22N2O3/c1-2-10(8-11(15)16)9-13-12(17)14-6-4-3-5-7-14/h10H,2-9H2,1H3,(H,13,17)(H,15,16). The number of carboxylic acids is 1. The highest BCUT2D eigenvalue weighted by atomic mass is 16.4. The number of hydrogen-bond donors (Lipinski definition) is 2. The number of carboxylic acid groups (broad SMARTS) is 1. The summed E-state index contributed by atoms with van der Waals surface area (Å²) in [6.45, 7) is 4.04. The fourth-order valence-electron chi connectivity index (χ4n) is 2.05. The molecule has 0 saturated carbocycles. The highest BCUT2D eigenvalue weighted by Crippen LogP contribution is 2.10. The first kappa shape index (κ1) is 13.8. The second-order valence-electron chi connectivity index (χ2n) is 4.61. The van der Waals surface area contributed by atoms with E-state index in [1.165, 1.54) is 6.42 Å². The number of carbonyl (C=O) groups excluding carboxylic acids is 1. The highest BCUT2D eigenvalue weighted by Gasteiger charge is 2.18. The van der Waals surface area contributed by atoms with Crippen molar-refractivity contribution >= 4 is 12.0 Å². The Hall–Kier alpha value is -1.26. The molecule has 0 aromatic carbocycles. The minimum atomic E-state index is -0.802. The van der Waals surface area contributed by atoms with Crippen LogP contribution in [0.2, 0.25) is 0 Å². The Balaban J connectivity index is 2.27. The summed E-state index contributed by atoms with van der Waals surface area (Å²) in [6.07, 6.45) is 4.23. The molecule has 1 aliphatic heterocycles. The van der Waals surface area contributed by atoms with E-state index in [1.807, 2.05) is 11.8 Å². The molecule has 0 aliphatic carbocycles. The summed E-state index contributed by atoms with van der Waals surface area (Å²) in [5.41, 5.74) is 0. The minimum Gasteiger partial charge on any atom is -0.481 e. The van der Waals surface area contributed by atoms with Gasteiger partial charge in [-0.15, -0.1) is 0 Å².